The maximum absolute atomic E-state index is 13.2. The molecule has 1 fully saturated rings. The second-order valence-electron chi connectivity index (χ2n) is 7.51. The highest BCUT2D eigenvalue weighted by Crippen LogP contribution is 2.30. The van der Waals surface area contributed by atoms with Gasteiger partial charge in [0.1, 0.15) is 35.8 Å². The monoisotopic (exact) mass is 503 g/mol. The Hall–Kier alpha value is -2.75. The Morgan fingerprint density at radius 2 is 2.00 bits per heavy atom. The summed E-state index contributed by atoms with van der Waals surface area (Å²) < 4.78 is 30.4. The van der Waals surface area contributed by atoms with E-state index in [1.165, 1.54) is 18.4 Å². The zero-order valence-electron chi connectivity index (χ0n) is 17.6. The summed E-state index contributed by atoms with van der Waals surface area (Å²) in [5, 5.41) is 6.60. The maximum Gasteiger partial charge on any atom is 0.259 e. The first-order chi connectivity index (χ1) is 15.5. The topological polar surface area (TPSA) is 76.8 Å². The van der Waals surface area contributed by atoms with Gasteiger partial charge < -0.3 is 19.3 Å². The number of carbonyl (C=O) groups excluding carboxylic acids is 1. The molecule has 1 saturated heterocycles. The van der Waals surface area contributed by atoms with Gasteiger partial charge in [-0.25, -0.2) is 4.39 Å². The van der Waals surface area contributed by atoms with Gasteiger partial charge in [0.15, 0.2) is 0 Å². The van der Waals surface area contributed by atoms with Gasteiger partial charge in [0.05, 0.1) is 18.8 Å². The fraction of sp³-hybridized carbons (Fsp3) is 0.304. The van der Waals surface area contributed by atoms with E-state index in [-0.39, 0.29) is 18.3 Å². The number of amides is 1. The fourth-order valence-corrected chi connectivity index (χ4v) is 3.83. The molecule has 9 heteroatoms. The second kappa shape index (κ2) is 10.2. The van der Waals surface area contributed by atoms with Crippen molar-refractivity contribution < 1.29 is 23.2 Å². The molecule has 0 bridgehead atoms. The van der Waals surface area contributed by atoms with Crippen LogP contribution in [0.25, 0.3) is 0 Å². The lowest BCUT2D eigenvalue weighted by Gasteiger charge is -2.27. The van der Waals surface area contributed by atoms with Gasteiger partial charge in [0.25, 0.3) is 5.91 Å². The summed E-state index contributed by atoms with van der Waals surface area (Å²) in [5.41, 5.74) is 3.23. The van der Waals surface area contributed by atoms with E-state index in [4.69, 9.17) is 14.0 Å². The van der Waals surface area contributed by atoms with E-state index in [1.807, 2.05) is 6.07 Å². The molecule has 2 aromatic carbocycles. The summed E-state index contributed by atoms with van der Waals surface area (Å²) in [4.78, 5) is 15.3. The zero-order chi connectivity index (χ0) is 22.5. The van der Waals surface area contributed by atoms with E-state index in [0.29, 0.717) is 42.5 Å². The molecule has 0 aliphatic carbocycles. The minimum absolute atomic E-state index is 0.200. The lowest BCUT2D eigenvalue weighted by molar-refractivity contribution is 0.0340. The Morgan fingerprint density at radius 3 is 2.69 bits per heavy atom. The van der Waals surface area contributed by atoms with Crippen LogP contribution in [0.3, 0.4) is 0 Å². The quantitative estimate of drug-likeness (QED) is 0.509. The van der Waals surface area contributed by atoms with Gasteiger partial charge in [-0.2, -0.15) is 0 Å². The molecule has 32 heavy (non-hydrogen) atoms. The minimum Gasteiger partial charge on any atom is -0.488 e. The van der Waals surface area contributed by atoms with Crippen LogP contribution in [0, 0.1) is 12.7 Å². The molecule has 168 valence electrons. The van der Waals surface area contributed by atoms with E-state index in [9.17, 15) is 9.18 Å². The largest absolute Gasteiger partial charge is 0.488 e. The van der Waals surface area contributed by atoms with Crippen LogP contribution in [0.1, 0.15) is 27.2 Å². The van der Waals surface area contributed by atoms with Crippen molar-refractivity contribution in [1.82, 2.24) is 10.1 Å². The molecule has 0 radical (unpaired) electrons. The molecule has 7 nitrogen and oxygen atoms in total. The lowest BCUT2D eigenvalue weighted by atomic mass is 10.1. The number of rotatable bonds is 7. The van der Waals surface area contributed by atoms with Gasteiger partial charge in [-0.1, -0.05) is 33.2 Å². The number of morpholine rings is 1. The van der Waals surface area contributed by atoms with Crippen LogP contribution in [0.4, 0.5) is 10.1 Å². The maximum atomic E-state index is 13.2. The first-order valence-corrected chi connectivity index (χ1v) is 11.0. The molecule has 1 amide bonds. The van der Waals surface area contributed by atoms with E-state index < -0.39 is 0 Å². The third kappa shape index (κ3) is 5.53. The van der Waals surface area contributed by atoms with Crippen LogP contribution in [0.2, 0.25) is 0 Å². The van der Waals surface area contributed by atoms with Crippen LogP contribution < -0.4 is 10.1 Å². The number of benzene rings is 2. The molecule has 0 saturated carbocycles. The number of nitrogens with one attached hydrogen (secondary N) is 1. The van der Waals surface area contributed by atoms with Crippen molar-refractivity contribution in [1.29, 1.82) is 0 Å². The van der Waals surface area contributed by atoms with Crippen molar-refractivity contribution in [2.45, 2.75) is 20.1 Å². The van der Waals surface area contributed by atoms with Crippen molar-refractivity contribution in [2.24, 2.45) is 0 Å². The van der Waals surface area contributed by atoms with Crippen LogP contribution >= 0.6 is 15.9 Å². The minimum atomic E-state index is -0.343. The molecule has 0 atom stereocenters. The SMILES string of the molecule is Cc1nocc1NC(=O)c1cc(Br)c(CN2CCOCC2)cc1OCc1ccc(F)cc1. The molecule has 4 rings (SSSR count). The third-order valence-electron chi connectivity index (χ3n) is 5.20. The van der Waals surface area contributed by atoms with Crippen LogP contribution in [-0.2, 0) is 17.9 Å². The highest BCUT2D eigenvalue weighted by molar-refractivity contribution is 9.10. The summed E-state index contributed by atoms with van der Waals surface area (Å²) in [5.74, 6) is -0.217. The molecule has 1 N–H and O–H groups in total. The van der Waals surface area contributed by atoms with E-state index in [1.54, 1.807) is 25.1 Å². The summed E-state index contributed by atoms with van der Waals surface area (Å²) in [6.07, 6.45) is 1.38. The van der Waals surface area contributed by atoms with Gasteiger partial charge in [0, 0.05) is 24.1 Å². The van der Waals surface area contributed by atoms with Gasteiger partial charge in [-0.3, -0.25) is 9.69 Å². The number of halogens is 2. The summed E-state index contributed by atoms with van der Waals surface area (Å²) >= 11 is 3.61. The van der Waals surface area contributed by atoms with Crippen LogP contribution in [-0.4, -0.2) is 42.3 Å². The van der Waals surface area contributed by atoms with Gasteiger partial charge >= 0.3 is 0 Å². The first-order valence-electron chi connectivity index (χ1n) is 10.2. The number of aryl methyl sites for hydroxylation is 1. The zero-order valence-corrected chi connectivity index (χ0v) is 19.2. The van der Waals surface area contributed by atoms with Crippen molar-refractivity contribution in [2.75, 3.05) is 31.6 Å². The predicted octanol–water partition coefficient (Wildman–Crippen LogP) is 4.55. The van der Waals surface area contributed by atoms with Crippen LogP contribution in [0.5, 0.6) is 5.75 Å². The molecule has 1 aromatic heterocycles. The molecular formula is C23H23BrFN3O4. The average molecular weight is 504 g/mol. The van der Waals surface area contributed by atoms with Gasteiger partial charge in [-0.15, -0.1) is 0 Å². The fourth-order valence-electron chi connectivity index (χ4n) is 3.36. The Balaban J connectivity index is 1.60. The number of carbonyl (C=O) groups is 1. The number of ether oxygens (including phenoxy) is 2. The molecule has 0 spiro atoms. The summed E-state index contributed by atoms with van der Waals surface area (Å²) in [7, 11) is 0. The Morgan fingerprint density at radius 1 is 1.25 bits per heavy atom. The number of anilines is 1. The van der Waals surface area contributed by atoms with Crippen molar-refractivity contribution in [3.63, 3.8) is 0 Å². The smallest absolute Gasteiger partial charge is 0.259 e. The van der Waals surface area contributed by atoms with Gasteiger partial charge in [0.2, 0.25) is 0 Å². The van der Waals surface area contributed by atoms with Crippen LogP contribution in [0.15, 0.2) is 51.7 Å². The normalized spacial score (nSPS) is 14.3. The predicted molar refractivity (Wildman–Crippen MR) is 120 cm³/mol. The Kier molecular flexibility index (Phi) is 7.19. The number of aromatic nitrogens is 1. The number of nitrogens with zero attached hydrogens (tertiary/aromatic N) is 2. The van der Waals surface area contributed by atoms with Crippen molar-refractivity contribution in [3.8, 4) is 5.75 Å². The molecule has 2 heterocycles. The van der Waals surface area contributed by atoms with E-state index in [0.717, 1.165) is 28.7 Å². The number of hydrogen-bond donors (Lipinski definition) is 1. The lowest BCUT2D eigenvalue weighted by Crippen LogP contribution is -2.35. The molecule has 3 aromatic rings. The Bertz CT molecular complexity index is 1080. The molecular weight excluding hydrogens is 481 g/mol. The molecule has 1 aliphatic heterocycles. The standard InChI is InChI=1S/C23H23BrFN3O4/c1-15-21(14-32-27-15)26-23(29)19-11-20(24)17(12-28-6-8-30-9-7-28)10-22(19)31-13-16-2-4-18(25)5-3-16/h2-5,10-11,14H,6-9,12-13H2,1H3,(H,26,29). The highest BCUT2D eigenvalue weighted by atomic mass is 79.9. The van der Waals surface area contributed by atoms with Crippen molar-refractivity contribution >= 4 is 27.5 Å². The average Bonchev–Trinajstić information content (AvgIpc) is 3.20. The molecule has 1 aliphatic rings. The van der Waals surface area contributed by atoms with E-state index in [2.05, 4.69) is 31.3 Å². The first kappa shape index (κ1) is 22.4. The second-order valence-corrected chi connectivity index (χ2v) is 8.37. The highest BCUT2D eigenvalue weighted by Gasteiger charge is 2.20. The van der Waals surface area contributed by atoms with E-state index >= 15 is 0 Å². The summed E-state index contributed by atoms with van der Waals surface area (Å²) in [6.45, 7) is 5.72. The third-order valence-corrected chi connectivity index (χ3v) is 5.93. The molecule has 0 unspecified atom stereocenters. The van der Waals surface area contributed by atoms with Gasteiger partial charge in [-0.05, 0) is 42.3 Å². The van der Waals surface area contributed by atoms with Crippen molar-refractivity contribution in [3.05, 3.63) is 75.3 Å². The Labute approximate surface area is 193 Å². The summed E-state index contributed by atoms with van der Waals surface area (Å²) in [6, 6.07) is 9.71. The number of hydrogen-bond acceptors (Lipinski definition) is 6.